The van der Waals surface area contributed by atoms with Crippen molar-refractivity contribution >= 4 is 40.5 Å². The molecule has 1 aliphatic heterocycles. The van der Waals surface area contributed by atoms with Crippen LogP contribution in [0.2, 0.25) is 0 Å². The van der Waals surface area contributed by atoms with Gasteiger partial charge in [0, 0.05) is 0 Å². The van der Waals surface area contributed by atoms with Crippen LogP contribution >= 0.6 is 12.4 Å². The number of ether oxygens (including phenoxy) is 1. The van der Waals surface area contributed by atoms with E-state index in [2.05, 4.69) is 49.4 Å². The molecule has 37 heavy (non-hydrogen) atoms. The quantitative estimate of drug-likeness (QED) is 0.267. The van der Waals surface area contributed by atoms with Crippen LogP contribution in [-0.2, 0) is 0 Å². The number of aryl methyl sites for hydroxylation is 1. The van der Waals surface area contributed by atoms with Crippen LogP contribution in [0.15, 0.2) is 78.9 Å². The van der Waals surface area contributed by atoms with Crippen molar-refractivity contribution in [2.24, 2.45) is 0 Å². The smallest absolute Gasteiger partial charge is 0.339 e. The Labute approximate surface area is 223 Å². The zero-order chi connectivity index (χ0) is 25.2. The molecule has 0 bridgehead atoms. The summed E-state index contributed by atoms with van der Waals surface area (Å²) in [6.07, 6.45) is 2.66. The first-order valence-corrected chi connectivity index (χ1v) is 12.5. The Morgan fingerprint density at radius 2 is 1.76 bits per heavy atom. The van der Waals surface area contributed by atoms with Gasteiger partial charge in [0.2, 0.25) is 0 Å². The van der Waals surface area contributed by atoms with E-state index in [0.29, 0.717) is 23.8 Å². The Morgan fingerprint density at radius 1 is 1.03 bits per heavy atom. The Balaban J connectivity index is 0.00000320. The molecule has 4 aromatic carbocycles. The minimum absolute atomic E-state index is 0. The number of carboxylic acid groups (broad SMARTS) is 1. The largest absolute Gasteiger partial charge is 0.486 e. The van der Waals surface area contributed by atoms with Crippen molar-refractivity contribution in [1.82, 2.24) is 0 Å². The monoisotopic (exact) mass is 519 g/mol. The normalized spacial score (nSPS) is 15.4. The lowest BCUT2D eigenvalue weighted by Gasteiger charge is -2.37. The standard InChI is InChI=1S/C31H30FNO3.ClH/c1-20(24-14-8-11-22-10-3-4-13-25(22)24)9-7-12-23-19-33(26-15-5-6-16-28(26)36-23)27-18-17-21(2)29(30(27)32)31(34)35;/h3-6,8,10-11,13-18,20,23H,7,9,12,19H2,1-2H3,(H,34,35);1H/t20-,23?;/m0./s1. The molecule has 0 saturated carbocycles. The summed E-state index contributed by atoms with van der Waals surface area (Å²) in [4.78, 5) is 13.6. The number of halogens is 2. The highest BCUT2D eigenvalue weighted by Gasteiger charge is 2.30. The minimum atomic E-state index is -1.26. The lowest BCUT2D eigenvalue weighted by atomic mass is 9.90. The molecule has 0 amide bonds. The number of fused-ring (bicyclic) bond motifs is 2. The molecule has 5 rings (SSSR count). The number of benzene rings is 4. The van der Waals surface area contributed by atoms with E-state index in [1.54, 1.807) is 19.1 Å². The van der Waals surface area contributed by atoms with E-state index in [1.807, 2.05) is 29.2 Å². The highest BCUT2D eigenvalue weighted by molar-refractivity contribution is 5.92. The molecule has 6 heteroatoms. The molecule has 1 N–H and O–H groups in total. The van der Waals surface area contributed by atoms with Crippen LogP contribution in [0.4, 0.5) is 15.8 Å². The van der Waals surface area contributed by atoms with Gasteiger partial charge in [0.25, 0.3) is 0 Å². The van der Waals surface area contributed by atoms with Crippen LogP contribution in [0.5, 0.6) is 5.75 Å². The van der Waals surface area contributed by atoms with Crippen LogP contribution in [0, 0.1) is 12.7 Å². The zero-order valence-corrected chi connectivity index (χ0v) is 21.8. The number of carbonyl (C=O) groups is 1. The molecule has 4 nitrogen and oxygen atoms in total. The molecule has 2 atom stereocenters. The molecule has 0 aliphatic carbocycles. The first-order chi connectivity index (χ1) is 17.4. The van der Waals surface area contributed by atoms with Gasteiger partial charge in [-0.25, -0.2) is 9.18 Å². The van der Waals surface area contributed by atoms with Crippen molar-refractivity contribution in [2.45, 2.75) is 45.1 Å². The number of aromatic carboxylic acids is 1. The summed E-state index contributed by atoms with van der Waals surface area (Å²) >= 11 is 0. The van der Waals surface area contributed by atoms with Gasteiger partial charge in [-0.15, -0.1) is 12.4 Å². The number of rotatable bonds is 7. The average molecular weight is 520 g/mol. The van der Waals surface area contributed by atoms with E-state index in [0.717, 1.165) is 24.9 Å². The summed E-state index contributed by atoms with van der Waals surface area (Å²) < 4.78 is 21.7. The lowest BCUT2D eigenvalue weighted by molar-refractivity contribution is 0.0691. The van der Waals surface area contributed by atoms with E-state index in [-0.39, 0.29) is 29.8 Å². The van der Waals surface area contributed by atoms with Crippen LogP contribution in [0.1, 0.15) is 53.6 Å². The number of carboxylic acids is 1. The van der Waals surface area contributed by atoms with Crippen LogP contribution < -0.4 is 9.64 Å². The maximum Gasteiger partial charge on any atom is 0.339 e. The van der Waals surface area contributed by atoms with E-state index in [9.17, 15) is 9.90 Å². The van der Waals surface area contributed by atoms with Crippen molar-refractivity contribution in [3.63, 3.8) is 0 Å². The second-order valence-corrected chi connectivity index (χ2v) is 9.61. The summed E-state index contributed by atoms with van der Waals surface area (Å²) in [6.45, 7) is 4.34. The van der Waals surface area contributed by atoms with E-state index in [1.165, 1.54) is 16.3 Å². The predicted molar refractivity (Wildman–Crippen MR) is 149 cm³/mol. The topological polar surface area (TPSA) is 49.8 Å². The second kappa shape index (κ2) is 11.2. The molecular weight excluding hydrogens is 489 g/mol. The SMILES string of the molecule is Cc1ccc(N2CC(CCC[C@H](C)c3cccc4ccccc34)Oc3ccccc32)c(F)c1C(=O)O.Cl. The molecule has 0 aromatic heterocycles. The van der Waals surface area contributed by atoms with E-state index in [4.69, 9.17) is 4.74 Å². The van der Waals surface area contributed by atoms with Crippen LogP contribution in [0.25, 0.3) is 10.8 Å². The van der Waals surface area contributed by atoms with Crippen molar-refractivity contribution in [2.75, 3.05) is 11.4 Å². The zero-order valence-electron chi connectivity index (χ0n) is 21.0. The Bertz CT molecular complexity index is 1420. The van der Waals surface area contributed by atoms with Gasteiger partial charge in [-0.1, -0.05) is 67.6 Å². The number of para-hydroxylation sites is 2. The third-order valence-electron chi connectivity index (χ3n) is 7.19. The van der Waals surface area contributed by atoms with Gasteiger partial charge in [-0.2, -0.15) is 0 Å². The molecular formula is C31H31ClFNO3. The number of nitrogens with zero attached hydrogens (tertiary/aromatic N) is 1. The van der Waals surface area contributed by atoms with Crippen molar-refractivity contribution in [3.05, 3.63) is 101 Å². The van der Waals surface area contributed by atoms with Gasteiger partial charge >= 0.3 is 5.97 Å². The van der Waals surface area contributed by atoms with Crippen molar-refractivity contribution in [3.8, 4) is 5.75 Å². The number of hydrogen-bond donors (Lipinski definition) is 1. The first-order valence-electron chi connectivity index (χ1n) is 12.5. The number of anilines is 2. The van der Waals surface area contributed by atoms with Crippen LogP contribution in [0.3, 0.4) is 0 Å². The third-order valence-corrected chi connectivity index (χ3v) is 7.19. The summed E-state index contributed by atoms with van der Waals surface area (Å²) in [5.74, 6) is -0.877. The summed E-state index contributed by atoms with van der Waals surface area (Å²) in [7, 11) is 0. The maximum atomic E-state index is 15.4. The maximum absolute atomic E-state index is 15.4. The molecule has 0 radical (unpaired) electrons. The molecule has 4 aromatic rings. The Morgan fingerprint density at radius 3 is 2.57 bits per heavy atom. The van der Waals surface area contributed by atoms with Gasteiger partial charge in [0.15, 0.2) is 5.82 Å². The number of hydrogen-bond acceptors (Lipinski definition) is 3. The average Bonchev–Trinajstić information content (AvgIpc) is 2.88. The van der Waals surface area contributed by atoms with Gasteiger partial charge in [0.1, 0.15) is 17.4 Å². The highest BCUT2D eigenvalue weighted by atomic mass is 35.5. The van der Waals surface area contributed by atoms with E-state index < -0.39 is 11.8 Å². The fourth-order valence-corrected chi connectivity index (χ4v) is 5.30. The summed E-state index contributed by atoms with van der Waals surface area (Å²) in [5.41, 5.74) is 2.49. The summed E-state index contributed by atoms with van der Waals surface area (Å²) in [5, 5.41) is 12.1. The molecule has 0 saturated heterocycles. The van der Waals surface area contributed by atoms with Crippen molar-refractivity contribution < 1.29 is 19.0 Å². The fourth-order valence-electron chi connectivity index (χ4n) is 5.30. The van der Waals surface area contributed by atoms with Gasteiger partial charge in [0.05, 0.1) is 17.9 Å². The Hall–Kier alpha value is -3.57. The van der Waals surface area contributed by atoms with E-state index >= 15 is 4.39 Å². The highest BCUT2D eigenvalue weighted by Crippen LogP contribution is 2.41. The summed E-state index contributed by atoms with van der Waals surface area (Å²) in [6, 6.07) is 25.8. The fraction of sp³-hybridized carbons (Fsp3) is 0.258. The molecule has 0 fully saturated rings. The van der Waals surface area contributed by atoms with Gasteiger partial charge < -0.3 is 14.7 Å². The minimum Gasteiger partial charge on any atom is -0.486 e. The second-order valence-electron chi connectivity index (χ2n) is 9.61. The molecule has 192 valence electrons. The third kappa shape index (κ3) is 5.28. The predicted octanol–water partition coefficient (Wildman–Crippen LogP) is 8.28. The molecule has 1 heterocycles. The van der Waals surface area contributed by atoms with Crippen molar-refractivity contribution in [1.29, 1.82) is 0 Å². The van der Waals surface area contributed by atoms with Gasteiger partial charge in [-0.05, 0) is 72.2 Å². The first kappa shape index (κ1) is 26.5. The Kier molecular flexibility index (Phi) is 8.03. The lowest BCUT2D eigenvalue weighted by Crippen LogP contribution is -2.38. The van der Waals surface area contributed by atoms with Crippen LogP contribution in [-0.4, -0.2) is 23.7 Å². The molecule has 0 spiro atoms. The molecule has 1 aliphatic rings. The molecule has 1 unspecified atom stereocenters. The van der Waals surface area contributed by atoms with Gasteiger partial charge in [-0.3, -0.25) is 0 Å².